The van der Waals surface area contributed by atoms with Gasteiger partial charge in [0.2, 0.25) is 0 Å². The highest BCUT2D eigenvalue weighted by Gasteiger charge is 2.29. The number of likely N-dealkylation sites (tertiary alicyclic amines) is 1. The lowest BCUT2D eigenvalue weighted by Gasteiger charge is -2.38. The highest BCUT2D eigenvalue weighted by Crippen LogP contribution is 2.24. The number of piperidine rings is 1. The lowest BCUT2D eigenvalue weighted by atomic mass is 9.89. The van der Waals surface area contributed by atoms with Crippen molar-refractivity contribution in [2.24, 2.45) is 5.92 Å². The fraction of sp³-hybridized carbons (Fsp3) is 0.833. The lowest BCUT2D eigenvalue weighted by molar-refractivity contribution is -0.313. The molecule has 5 nitrogen and oxygen atoms in total. The van der Waals surface area contributed by atoms with E-state index < -0.39 is 5.97 Å². The molecular weight excluding hydrogens is 222 g/mol. The summed E-state index contributed by atoms with van der Waals surface area (Å²) in [5.41, 5.74) is 0. The summed E-state index contributed by atoms with van der Waals surface area (Å²) >= 11 is 0. The first kappa shape index (κ1) is 14.0. The second kappa shape index (κ2) is 6.59. The smallest absolute Gasteiger partial charge is 0.320 e. The number of carbonyl (C=O) groups is 2. The maximum atomic E-state index is 11.4. The molecule has 2 unspecified atom stereocenters. The summed E-state index contributed by atoms with van der Waals surface area (Å²) < 4.78 is 4.90. The van der Waals surface area contributed by atoms with Crippen molar-refractivity contribution in [1.29, 1.82) is 0 Å². The summed E-state index contributed by atoms with van der Waals surface area (Å²) in [6, 6.07) is 0.135. The molecule has 1 aliphatic rings. The quantitative estimate of drug-likeness (QED) is 0.624. The first-order valence-corrected chi connectivity index (χ1v) is 6.19. The number of hydrogen-bond donors (Lipinski definition) is 0. The number of esters is 1. The van der Waals surface area contributed by atoms with E-state index in [0.29, 0.717) is 26.0 Å². The van der Waals surface area contributed by atoms with Gasteiger partial charge >= 0.3 is 5.97 Å². The minimum atomic E-state index is -0.973. The Labute approximate surface area is 102 Å². The lowest BCUT2D eigenvalue weighted by Crippen LogP contribution is -2.48. The minimum absolute atomic E-state index is 0.135. The van der Waals surface area contributed by atoms with Crippen LogP contribution in [-0.4, -0.2) is 42.6 Å². The van der Waals surface area contributed by atoms with E-state index in [2.05, 4.69) is 0 Å². The van der Waals surface area contributed by atoms with Crippen molar-refractivity contribution in [2.75, 3.05) is 19.7 Å². The standard InChI is InChI=1S/C12H21NO4/c1-3-10-7-9(12(15)16)5-6-13(10)8-11(14)17-4-2/h9-10H,3-8H2,1-2H3,(H,15,16)/p-1. The van der Waals surface area contributed by atoms with E-state index >= 15 is 0 Å². The van der Waals surface area contributed by atoms with Crippen LogP contribution in [0.2, 0.25) is 0 Å². The largest absolute Gasteiger partial charge is 0.550 e. The average molecular weight is 242 g/mol. The van der Waals surface area contributed by atoms with Crippen LogP contribution in [0.3, 0.4) is 0 Å². The van der Waals surface area contributed by atoms with Gasteiger partial charge in [0.25, 0.3) is 0 Å². The van der Waals surface area contributed by atoms with Crippen LogP contribution < -0.4 is 5.11 Å². The van der Waals surface area contributed by atoms with Gasteiger partial charge in [-0.25, -0.2) is 0 Å². The van der Waals surface area contributed by atoms with Crippen LogP contribution in [0.25, 0.3) is 0 Å². The van der Waals surface area contributed by atoms with E-state index in [1.807, 2.05) is 11.8 Å². The van der Waals surface area contributed by atoms with E-state index in [1.54, 1.807) is 6.92 Å². The van der Waals surface area contributed by atoms with Gasteiger partial charge in [0.1, 0.15) is 0 Å². The molecule has 17 heavy (non-hydrogen) atoms. The van der Waals surface area contributed by atoms with E-state index in [-0.39, 0.29) is 24.5 Å². The molecule has 0 radical (unpaired) electrons. The molecule has 2 atom stereocenters. The van der Waals surface area contributed by atoms with Gasteiger partial charge in [-0.05, 0) is 32.7 Å². The van der Waals surface area contributed by atoms with Crippen molar-refractivity contribution in [3.63, 3.8) is 0 Å². The van der Waals surface area contributed by atoms with Gasteiger partial charge in [0, 0.05) is 17.9 Å². The monoisotopic (exact) mass is 242 g/mol. The number of carboxylic acid groups (broad SMARTS) is 1. The number of nitrogens with zero attached hydrogens (tertiary/aromatic N) is 1. The molecule has 0 aliphatic carbocycles. The maximum absolute atomic E-state index is 11.4. The zero-order chi connectivity index (χ0) is 12.8. The Morgan fingerprint density at radius 1 is 1.41 bits per heavy atom. The second-order valence-corrected chi connectivity index (χ2v) is 4.38. The Morgan fingerprint density at radius 2 is 2.12 bits per heavy atom. The average Bonchev–Trinajstić information content (AvgIpc) is 2.29. The first-order chi connectivity index (χ1) is 8.08. The van der Waals surface area contributed by atoms with Crippen LogP contribution in [0.4, 0.5) is 0 Å². The zero-order valence-electron chi connectivity index (χ0n) is 10.5. The van der Waals surface area contributed by atoms with Crippen molar-refractivity contribution in [3.8, 4) is 0 Å². The molecule has 0 aromatic rings. The highest BCUT2D eigenvalue weighted by molar-refractivity contribution is 5.72. The molecule has 0 saturated carbocycles. The van der Waals surface area contributed by atoms with Gasteiger partial charge in [-0.15, -0.1) is 0 Å². The van der Waals surface area contributed by atoms with Crippen molar-refractivity contribution in [3.05, 3.63) is 0 Å². The van der Waals surface area contributed by atoms with Crippen molar-refractivity contribution in [1.82, 2.24) is 4.90 Å². The molecule has 0 amide bonds. The van der Waals surface area contributed by atoms with E-state index in [0.717, 1.165) is 6.42 Å². The van der Waals surface area contributed by atoms with Crippen LogP contribution in [0.1, 0.15) is 33.1 Å². The third kappa shape index (κ3) is 4.00. The molecular formula is C12H20NO4-. The summed E-state index contributed by atoms with van der Waals surface area (Å²) in [5.74, 6) is -1.59. The van der Waals surface area contributed by atoms with Crippen molar-refractivity contribution >= 4 is 11.9 Å². The fourth-order valence-electron chi connectivity index (χ4n) is 2.32. The molecule has 98 valence electrons. The van der Waals surface area contributed by atoms with Gasteiger partial charge in [0.15, 0.2) is 0 Å². The van der Waals surface area contributed by atoms with E-state index in [4.69, 9.17) is 4.74 Å². The molecule has 0 N–H and O–H groups in total. The summed E-state index contributed by atoms with van der Waals surface area (Å²) in [6.07, 6.45) is 1.96. The Hall–Kier alpha value is -1.10. The molecule has 1 rings (SSSR count). The van der Waals surface area contributed by atoms with Gasteiger partial charge in [-0.1, -0.05) is 6.92 Å². The molecule has 0 aromatic carbocycles. The Bertz CT molecular complexity index is 280. The third-order valence-electron chi connectivity index (χ3n) is 3.28. The van der Waals surface area contributed by atoms with Crippen LogP contribution in [0.15, 0.2) is 0 Å². The molecule has 1 heterocycles. The normalized spacial score (nSPS) is 25.5. The van der Waals surface area contributed by atoms with Gasteiger partial charge < -0.3 is 14.6 Å². The van der Waals surface area contributed by atoms with E-state index in [9.17, 15) is 14.7 Å². The van der Waals surface area contributed by atoms with Crippen LogP contribution >= 0.6 is 0 Å². The molecule has 5 heteroatoms. The minimum Gasteiger partial charge on any atom is -0.550 e. The Kier molecular flexibility index (Phi) is 5.41. The second-order valence-electron chi connectivity index (χ2n) is 4.38. The molecule has 0 bridgehead atoms. The predicted molar refractivity (Wildman–Crippen MR) is 60.0 cm³/mol. The van der Waals surface area contributed by atoms with Crippen LogP contribution in [0.5, 0.6) is 0 Å². The number of rotatable bonds is 5. The van der Waals surface area contributed by atoms with Crippen LogP contribution in [-0.2, 0) is 14.3 Å². The van der Waals surface area contributed by atoms with Gasteiger partial charge in [-0.2, -0.15) is 0 Å². The number of carbonyl (C=O) groups excluding carboxylic acids is 2. The predicted octanol–water partition coefficient (Wildman–Crippen LogP) is -0.210. The summed E-state index contributed by atoms with van der Waals surface area (Å²) in [7, 11) is 0. The zero-order valence-corrected chi connectivity index (χ0v) is 10.5. The number of carboxylic acids is 1. The summed E-state index contributed by atoms with van der Waals surface area (Å²) in [4.78, 5) is 24.2. The fourth-order valence-corrected chi connectivity index (χ4v) is 2.32. The van der Waals surface area contributed by atoms with Gasteiger partial charge in [0.05, 0.1) is 13.2 Å². The number of aliphatic carboxylic acids is 1. The third-order valence-corrected chi connectivity index (χ3v) is 3.28. The maximum Gasteiger partial charge on any atom is 0.320 e. The summed E-state index contributed by atoms with van der Waals surface area (Å²) in [6.45, 7) is 5.03. The first-order valence-electron chi connectivity index (χ1n) is 6.19. The SMILES string of the molecule is CCOC(=O)CN1CCC(C(=O)[O-])CC1CC. The highest BCUT2D eigenvalue weighted by atomic mass is 16.5. The summed E-state index contributed by atoms with van der Waals surface area (Å²) in [5, 5.41) is 10.8. The van der Waals surface area contributed by atoms with Crippen LogP contribution in [0, 0.1) is 5.92 Å². The van der Waals surface area contributed by atoms with E-state index in [1.165, 1.54) is 0 Å². The van der Waals surface area contributed by atoms with Crippen molar-refractivity contribution < 1.29 is 19.4 Å². The molecule has 1 aliphatic heterocycles. The topological polar surface area (TPSA) is 69.7 Å². The van der Waals surface area contributed by atoms with Gasteiger partial charge in [-0.3, -0.25) is 9.69 Å². The molecule has 1 fully saturated rings. The molecule has 0 aromatic heterocycles. The number of hydrogen-bond acceptors (Lipinski definition) is 5. The molecule has 0 spiro atoms. The Balaban J connectivity index is 2.51. The van der Waals surface area contributed by atoms with Crippen molar-refractivity contribution in [2.45, 2.75) is 39.2 Å². The number of ether oxygens (including phenoxy) is 1. The molecule has 1 saturated heterocycles. The Morgan fingerprint density at radius 3 is 2.65 bits per heavy atom.